The van der Waals surface area contributed by atoms with Crippen LogP contribution in [0.25, 0.3) is 0 Å². The highest BCUT2D eigenvalue weighted by atomic mass is 32.2. The van der Waals surface area contributed by atoms with Crippen LogP contribution in [0.4, 0.5) is 4.39 Å². The van der Waals surface area contributed by atoms with Crippen LogP contribution in [0, 0.1) is 5.82 Å². The van der Waals surface area contributed by atoms with Gasteiger partial charge in [0.1, 0.15) is 5.82 Å². The Balaban J connectivity index is 2.21. The van der Waals surface area contributed by atoms with Gasteiger partial charge >= 0.3 is 0 Å². The molecule has 0 bridgehead atoms. The smallest absolute Gasteiger partial charge is 0.240 e. The van der Waals surface area contributed by atoms with Gasteiger partial charge in [-0.1, -0.05) is 0 Å². The zero-order valence-electron chi connectivity index (χ0n) is 9.53. The van der Waals surface area contributed by atoms with Gasteiger partial charge < -0.3 is 5.32 Å². The molecule has 0 spiro atoms. The van der Waals surface area contributed by atoms with E-state index in [1.165, 1.54) is 25.2 Å². The van der Waals surface area contributed by atoms with Gasteiger partial charge in [0, 0.05) is 18.2 Å². The molecule has 1 aliphatic carbocycles. The van der Waals surface area contributed by atoms with E-state index in [-0.39, 0.29) is 10.7 Å². The highest BCUT2D eigenvalue weighted by Gasteiger charge is 2.21. The minimum atomic E-state index is -3.50. The van der Waals surface area contributed by atoms with Crippen molar-refractivity contribution >= 4 is 10.0 Å². The number of nitrogens with one attached hydrogen (secondary N) is 2. The Bertz CT molecular complexity index is 512. The Labute approximate surface area is 100 Å². The maximum atomic E-state index is 13.5. The molecular formula is C11H15FN2O2S. The van der Waals surface area contributed by atoms with Crippen LogP contribution in [0.3, 0.4) is 0 Å². The van der Waals surface area contributed by atoms with Gasteiger partial charge in [-0.05, 0) is 38.1 Å². The highest BCUT2D eigenvalue weighted by molar-refractivity contribution is 7.89. The summed E-state index contributed by atoms with van der Waals surface area (Å²) in [5.41, 5.74) is 0.383. The van der Waals surface area contributed by atoms with E-state index in [1.807, 2.05) is 0 Å². The Hall–Kier alpha value is -0.980. The van der Waals surface area contributed by atoms with Crippen LogP contribution in [-0.4, -0.2) is 21.5 Å². The maximum Gasteiger partial charge on any atom is 0.240 e. The summed E-state index contributed by atoms with van der Waals surface area (Å²) in [7, 11) is -2.17. The molecule has 94 valence electrons. The minimum Gasteiger partial charge on any atom is -0.310 e. The first-order valence-corrected chi connectivity index (χ1v) is 6.96. The van der Waals surface area contributed by atoms with Crippen molar-refractivity contribution in [2.45, 2.75) is 30.3 Å². The first-order valence-electron chi connectivity index (χ1n) is 5.48. The van der Waals surface area contributed by atoms with Crippen molar-refractivity contribution in [1.29, 1.82) is 0 Å². The fraction of sp³-hybridized carbons (Fsp3) is 0.455. The second kappa shape index (κ2) is 4.72. The second-order valence-electron chi connectivity index (χ2n) is 4.12. The molecule has 0 heterocycles. The molecular weight excluding hydrogens is 243 g/mol. The van der Waals surface area contributed by atoms with Gasteiger partial charge in [0.2, 0.25) is 10.0 Å². The summed E-state index contributed by atoms with van der Waals surface area (Å²) in [6.07, 6.45) is 2.21. The molecule has 2 N–H and O–H groups in total. The summed E-state index contributed by atoms with van der Waals surface area (Å²) in [4.78, 5) is 0.0917. The molecule has 0 radical (unpaired) electrons. The van der Waals surface area contributed by atoms with Gasteiger partial charge in [0.05, 0.1) is 4.90 Å². The summed E-state index contributed by atoms with van der Waals surface area (Å²) >= 11 is 0. The number of rotatable bonds is 5. The Morgan fingerprint density at radius 1 is 1.41 bits per heavy atom. The zero-order chi connectivity index (χ0) is 12.5. The van der Waals surface area contributed by atoms with Gasteiger partial charge in [-0.3, -0.25) is 0 Å². The van der Waals surface area contributed by atoms with Crippen LogP contribution >= 0.6 is 0 Å². The van der Waals surface area contributed by atoms with E-state index >= 15 is 0 Å². The third-order valence-corrected chi connectivity index (χ3v) is 4.17. The van der Waals surface area contributed by atoms with Crippen LogP contribution in [0.2, 0.25) is 0 Å². The van der Waals surface area contributed by atoms with Crippen LogP contribution in [-0.2, 0) is 16.6 Å². The molecule has 0 amide bonds. The lowest BCUT2D eigenvalue weighted by Crippen LogP contribution is -2.20. The van der Waals surface area contributed by atoms with Crippen molar-refractivity contribution in [1.82, 2.24) is 10.0 Å². The van der Waals surface area contributed by atoms with Crippen molar-refractivity contribution in [3.8, 4) is 0 Å². The molecule has 0 saturated heterocycles. The van der Waals surface area contributed by atoms with Gasteiger partial charge in [-0.15, -0.1) is 0 Å². The highest BCUT2D eigenvalue weighted by Crippen LogP contribution is 2.20. The first kappa shape index (κ1) is 12.5. The lowest BCUT2D eigenvalue weighted by atomic mass is 10.2. The van der Waals surface area contributed by atoms with E-state index < -0.39 is 10.0 Å². The van der Waals surface area contributed by atoms with E-state index in [0.717, 1.165) is 12.8 Å². The molecule has 0 aliphatic heterocycles. The molecule has 17 heavy (non-hydrogen) atoms. The number of halogens is 1. The summed E-state index contributed by atoms with van der Waals surface area (Å²) in [6.45, 7) is 0.365. The standard InChI is InChI=1S/C11H15FN2O2S/c1-13-17(15,16)10-4-5-11(12)8(6-10)7-14-9-2-3-9/h4-6,9,13-14H,2-3,7H2,1H3. The van der Waals surface area contributed by atoms with Crippen LogP contribution in [0.5, 0.6) is 0 Å². The maximum absolute atomic E-state index is 13.5. The molecule has 0 atom stereocenters. The summed E-state index contributed by atoms with van der Waals surface area (Å²) in [6, 6.07) is 4.28. The third-order valence-electron chi connectivity index (χ3n) is 2.75. The summed E-state index contributed by atoms with van der Waals surface area (Å²) in [5, 5.41) is 3.16. The molecule has 2 rings (SSSR count). The number of hydrogen-bond acceptors (Lipinski definition) is 3. The number of sulfonamides is 1. The van der Waals surface area contributed by atoms with Crippen molar-refractivity contribution in [3.63, 3.8) is 0 Å². The van der Waals surface area contributed by atoms with Crippen molar-refractivity contribution < 1.29 is 12.8 Å². The van der Waals surface area contributed by atoms with E-state index in [9.17, 15) is 12.8 Å². The lowest BCUT2D eigenvalue weighted by Gasteiger charge is -2.08. The Morgan fingerprint density at radius 3 is 2.71 bits per heavy atom. The fourth-order valence-corrected chi connectivity index (χ4v) is 2.29. The molecule has 0 unspecified atom stereocenters. The topological polar surface area (TPSA) is 58.2 Å². The first-order chi connectivity index (χ1) is 8.03. The molecule has 1 aromatic carbocycles. The van der Waals surface area contributed by atoms with Crippen molar-refractivity contribution in [2.24, 2.45) is 0 Å². The van der Waals surface area contributed by atoms with Gasteiger partial charge in [-0.2, -0.15) is 0 Å². The minimum absolute atomic E-state index is 0.0917. The lowest BCUT2D eigenvalue weighted by molar-refractivity contribution is 0.578. The monoisotopic (exact) mass is 258 g/mol. The predicted molar refractivity (Wildman–Crippen MR) is 62.5 cm³/mol. The largest absolute Gasteiger partial charge is 0.310 e. The number of hydrogen-bond donors (Lipinski definition) is 2. The molecule has 1 fully saturated rings. The number of benzene rings is 1. The quantitative estimate of drug-likeness (QED) is 0.828. The zero-order valence-corrected chi connectivity index (χ0v) is 10.3. The van der Waals surface area contributed by atoms with Gasteiger partial charge in [0.15, 0.2) is 0 Å². The molecule has 1 aromatic rings. The molecule has 4 nitrogen and oxygen atoms in total. The molecule has 1 saturated carbocycles. The Kier molecular flexibility index (Phi) is 3.46. The van der Waals surface area contributed by atoms with E-state index in [0.29, 0.717) is 18.2 Å². The molecule has 1 aliphatic rings. The molecule has 0 aromatic heterocycles. The van der Waals surface area contributed by atoms with Crippen molar-refractivity contribution in [3.05, 3.63) is 29.6 Å². The normalized spacial score (nSPS) is 16.1. The Morgan fingerprint density at radius 2 is 2.12 bits per heavy atom. The van der Waals surface area contributed by atoms with E-state index in [4.69, 9.17) is 0 Å². The van der Waals surface area contributed by atoms with Crippen molar-refractivity contribution in [2.75, 3.05) is 7.05 Å². The van der Waals surface area contributed by atoms with Gasteiger partial charge in [0.25, 0.3) is 0 Å². The summed E-state index contributed by atoms with van der Waals surface area (Å²) in [5.74, 6) is -0.381. The average molecular weight is 258 g/mol. The fourth-order valence-electron chi connectivity index (χ4n) is 1.51. The molecule has 6 heteroatoms. The SMILES string of the molecule is CNS(=O)(=O)c1ccc(F)c(CNC2CC2)c1. The van der Waals surface area contributed by atoms with Crippen LogP contribution in [0.1, 0.15) is 18.4 Å². The van der Waals surface area contributed by atoms with Crippen LogP contribution in [0.15, 0.2) is 23.1 Å². The predicted octanol–water partition coefficient (Wildman–Crippen LogP) is 0.986. The van der Waals surface area contributed by atoms with E-state index in [2.05, 4.69) is 10.0 Å². The average Bonchev–Trinajstić information content (AvgIpc) is 3.11. The second-order valence-corrected chi connectivity index (χ2v) is 6.00. The van der Waals surface area contributed by atoms with E-state index in [1.54, 1.807) is 0 Å². The third kappa shape index (κ3) is 3.02. The summed E-state index contributed by atoms with van der Waals surface area (Å²) < 4.78 is 38.8. The van der Waals surface area contributed by atoms with Gasteiger partial charge in [-0.25, -0.2) is 17.5 Å². The van der Waals surface area contributed by atoms with Crippen LogP contribution < -0.4 is 10.0 Å².